The summed E-state index contributed by atoms with van der Waals surface area (Å²) in [6.07, 6.45) is 3.21. The van der Waals surface area contributed by atoms with E-state index in [0.717, 1.165) is 32.1 Å². The van der Waals surface area contributed by atoms with Crippen molar-refractivity contribution in [2.24, 2.45) is 5.92 Å². The molecule has 2 heteroatoms. The Morgan fingerprint density at radius 2 is 1.93 bits per heavy atom. The molecule has 15 heavy (non-hydrogen) atoms. The van der Waals surface area contributed by atoms with E-state index in [-0.39, 0.29) is 0 Å². The average Bonchev–Trinajstić information content (AvgIpc) is 2.16. The number of nitrogens with zero attached hydrogens (tertiary/aromatic N) is 1. The fourth-order valence-corrected chi connectivity index (χ4v) is 1.65. The first-order valence-corrected chi connectivity index (χ1v) is 6.17. The van der Waals surface area contributed by atoms with Gasteiger partial charge in [0.1, 0.15) is 0 Å². The number of rotatable bonds is 9. The lowest BCUT2D eigenvalue weighted by molar-refractivity contribution is 0.225. The Balaban J connectivity index is 3.79. The summed E-state index contributed by atoms with van der Waals surface area (Å²) in [6, 6.07) is 0.599. The summed E-state index contributed by atoms with van der Waals surface area (Å²) in [5, 5.41) is 3.51. The van der Waals surface area contributed by atoms with E-state index < -0.39 is 0 Å². The van der Waals surface area contributed by atoms with Crippen LogP contribution in [-0.2, 0) is 0 Å². The summed E-state index contributed by atoms with van der Waals surface area (Å²) in [4.78, 5) is 2.47. The van der Waals surface area contributed by atoms with Gasteiger partial charge in [-0.15, -0.1) is 6.58 Å². The summed E-state index contributed by atoms with van der Waals surface area (Å²) < 4.78 is 0. The van der Waals surface area contributed by atoms with Gasteiger partial charge in [0.15, 0.2) is 0 Å². The van der Waals surface area contributed by atoms with Crippen molar-refractivity contribution in [1.82, 2.24) is 10.2 Å². The molecule has 0 aromatic heterocycles. The maximum Gasteiger partial charge on any atom is 0.0195 e. The molecule has 0 amide bonds. The van der Waals surface area contributed by atoms with Gasteiger partial charge in [-0.25, -0.2) is 0 Å². The molecule has 0 radical (unpaired) electrons. The van der Waals surface area contributed by atoms with Gasteiger partial charge in [-0.3, -0.25) is 4.90 Å². The first-order chi connectivity index (χ1) is 7.11. The molecule has 90 valence electrons. The van der Waals surface area contributed by atoms with Crippen LogP contribution in [0.2, 0.25) is 0 Å². The normalized spacial score (nSPS) is 13.5. The first-order valence-electron chi connectivity index (χ1n) is 6.17. The van der Waals surface area contributed by atoms with Crippen LogP contribution in [0.1, 0.15) is 34.1 Å². The maximum absolute atomic E-state index is 3.81. The van der Waals surface area contributed by atoms with Gasteiger partial charge >= 0.3 is 0 Å². The third-order valence-electron chi connectivity index (χ3n) is 2.49. The predicted octanol–water partition coefficient (Wildman–Crippen LogP) is 2.52. The summed E-state index contributed by atoms with van der Waals surface area (Å²) in [7, 11) is 0. The summed E-state index contributed by atoms with van der Waals surface area (Å²) in [6.45, 7) is 17.2. The molecule has 0 fully saturated rings. The fraction of sp³-hybridized carbons (Fsp3) is 0.846. The van der Waals surface area contributed by atoms with Gasteiger partial charge in [-0.1, -0.05) is 26.8 Å². The van der Waals surface area contributed by atoms with E-state index in [2.05, 4.69) is 44.5 Å². The van der Waals surface area contributed by atoms with Crippen molar-refractivity contribution in [3.8, 4) is 0 Å². The third-order valence-corrected chi connectivity index (χ3v) is 2.49. The first kappa shape index (κ1) is 14.7. The zero-order valence-electron chi connectivity index (χ0n) is 10.9. The summed E-state index contributed by atoms with van der Waals surface area (Å²) in [5.41, 5.74) is 0. The number of hydrogen-bond acceptors (Lipinski definition) is 2. The van der Waals surface area contributed by atoms with E-state index in [1.165, 1.54) is 6.42 Å². The van der Waals surface area contributed by atoms with Gasteiger partial charge in [0, 0.05) is 19.1 Å². The molecule has 0 saturated heterocycles. The van der Waals surface area contributed by atoms with Crippen LogP contribution in [0.25, 0.3) is 0 Å². The third kappa shape index (κ3) is 7.57. The highest BCUT2D eigenvalue weighted by atomic mass is 15.2. The minimum absolute atomic E-state index is 0.599. The van der Waals surface area contributed by atoms with E-state index >= 15 is 0 Å². The largest absolute Gasteiger partial charge is 0.315 e. The molecule has 2 nitrogen and oxygen atoms in total. The van der Waals surface area contributed by atoms with Gasteiger partial charge in [-0.2, -0.15) is 0 Å². The Morgan fingerprint density at radius 1 is 1.27 bits per heavy atom. The van der Waals surface area contributed by atoms with Crippen LogP contribution in [0.3, 0.4) is 0 Å². The molecule has 0 rings (SSSR count). The molecule has 0 heterocycles. The van der Waals surface area contributed by atoms with Crippen LogP contribution in [0.15, 0.2) is 12.7 Å². The Kier molecular flexibility index (Phi) is 8.73. The standard InChI is InChI=1S/C13H28N2/c1-6-8-15(9-7-2)13(5)11-14-10-12(3)4/h6,12-14H,1,7-11H2,2-5H3. The molecular formula is C13H28N2. The van der Waals surface area contributed by atoms with E-state index in [4.69, 9.17) is 0 Å². The van der Waals surface area contributed by atoms with Crippen LogP contribution in [0.5, 0.6) is 0 Å². The zero-order valence-corrected chi connectivity index (χ0v) is 10.9. The van der Waals surface area contributed by atoms with E-state index in [1.54, 1.807) is 0 Å². The maximum atomic E-state index is 3.81. The molecule has 1 N–H and O–H groups in total. The quantitative estimate of drug-likeness (QED) is 0.591. The predicted molar refractivity (Wildman–Crippen MR) is 69.2 cm³/mol. The summed E-state index contributed by atoms with van der Waals surface area (Å²) in [5.74, 6) is 0.733. The number of hydrogen-bond donors (Lipinski definition) is 1. The van der Waals surface area contributed by atoms with Crippen molar-refractivity contribution in [3.05, 3.63) is 12.7 Å². The van der Waals surface area contributed by atoms with Gasteiger partial charge in [0.25, 0.3) is 0 Å². The SMILES string of the molecule is C=CCN(CCC)C(C)CNCC(C)C. The monoisotopic (exact) mass is 212 g/mol. The summed E-state index contributed by atoms with van der Waals surface area (Å²) >= 11 is 0. The molecule has 0 aromatic rings. The van der Waals surface area contributed by atoms with E-state index in [9.17, 15) is 0 Å². The lowest BCUT2D eigenvalue weighted by Gasteiger charge is -2.28. The molecule has 0 aliphatic carbocycles. The minimum atomic E-state index is 0.599. The molecule has 0 aliphatic heterocycles. The van der Waals surface area contributed by atoms with Crippen molar-refractivity contribution >= 4 is 0 Å². The van der Waals surface area contributed by atoms with Crippen LogP contribution < -0.4 is 5.32 Å². The van der Waals surface area contributed by atoms with Gasteiger partial charge in [0.05, 0.1) is 0 Å². The van der Waals surface area contributed by atoms with Crippen molar-refractivity contribution in [2.75, 3.05) is 26.2 Å². The molecule has 0 aromatic carbocycles. The van der Waals surface area contributed by atoms with Crippen LogP contribution >= 0.6 is 0 Å². The Labute approximate surface area is 95.7 Å². The van der Waals surface area contributed by atoms with Crippen LogP contribution in [-0.4, -0.2) is 37.1 Å². The highest BCUT2D eigenvalue weighted by Gasteiger charge is 2.10. The molecule has 0 aliphatic rings. The molecule has 1 unspecified atom stereocenters. The van der Waals surface area contributed by atoms with Gasteiger partial charge in [-0.05, 0) is 32.4 Å². The average molecular weight is 212 g/mol. The van der Waals surface area contributed by atoms with E-state index in [0.29, 0.717) is 6.04 Å². The highest BCUT2D eigenvalue weighted by molar-refractivity contribution is 4.78. The second-order valence-electron chi connectivity index (χ2n) is 4.68. The Morgan fingerprint density at radius 3 is 2.40 bits per heavy atom. The topological polar surface area (TPSA) is 15.3 Å². The van der Waals surface area contributed by atoms with Gasteiger partial charge in [0.2, 0.25) is 0 Å². The van der Waals surface area contributed by atoms with Crippen LogP contribution in [0, 0.1) is 5.92 Å². The number of nitrogens with one attached hydrogen (secondary N) is 1. The Bertz CT molecular complexity index is 155. The van der Waals surface area contributed by atoms with Crippen molar-refractivity contribution in [2.45, 2.75) is 40.2 Å². The molecule has 0 spiro atoms. The minimum Gasteiger partial charge on any atom is -0.315 e. The van der Waals surface area contributed by atoms with Crippen LogP contribution in [0.4, 0.5) is 0 Å². The second kappa shape index (κ2) is 8.93. The molecule has 0 bridgehead atoms. The molecular weight excluding hydrogens is 184 g/mol. The smallest absolute Gasteiger partial charge is 0.0195 e. The molecule has 1 atom stereocenters. The lowest BCUT2D eigenvalue weighted by Crippen LogP contribution is -2.41. The van der Waals surface area contributed by atoms with Crippen molar-refractivity contribution < 1.29 is 0 Å². The van der Waals surface area contributed by atoms with Crippen molar-refractivity contribution in [3.63, 3.8) is 0 Å². The Hall–Kier alpha value is -0.340. The van der Waals surface area contributed by atoms with E-state index in [1.807, 2.05) is 6.08 Å². The fourth-order valence-electron chi connectivity index (χ4n) is 1.65. The lowest BCUT2D eigenvalue weighted by atomic mass is 10.2. The van der Waals surface area contributed by atoms with Crippen molar-refractivity contribution in [1.29, 1.82) is 0 Å². The molecule has 0 saturated carbocycles. The highest BCUT2D eigenvalue weighted by Crippen LogP contribution is 2.00. The van der Waals surface area contributed by atoms with Gasteiger partial charge < -0.3 is 5.32 Å². The zero-order chi connectivity index (χ0) is 11.7. The second-order valence-corrected chi connectivity index (χ2v) is 4.68.